The molecule has 5 nitrogen and oxygen atoms in total. The summed E-state index contributed by atoms with van der Waals surface area (Å²) in [5, 5.41) is 2.80. The van der Waals surface area contributed by atoms with E-state index in [-0.39, 0.29) is 30.3 Å². The fraction of sp³-hybridized carbons (Fsp3) is 0.579. The summed E-state index contributed by atoms with van der Waals surface area (Å²) in [6.45, 7) is 3.76. The first-order valence-corrected chi connectivity index (χ1v) is 8.89. The minimum atomic E-state index is -0.540. The maximum Gasteiger partial charge on any atom is 0.230 e. The number of nitrogens with one attached hydrogen (secondary N) is 1. The second-order valence-corrected chi connectivity index (χ2v) is 7.26. The number of carbonyl (C=O) groups excluding carboxylic acids is 2. The molecule has 2 aliphatic heterocycles. The number of rotatable bonds is 4. The van der Waals surface area contributed by atoms with Gasteiger partial charge in [-0.2, -0.15) is 0 Å². The van der Waals surface area contributed by atoms with E-state index in [1.807, 2.05) is 11.8 Å². The van der Waals surface area contributed by atoms with Crippen molar-refractivity contribution in [1.29, 1.82) is 0 Å². The molecule has 2 amide bonds. The second kappa shape index (κ2) is 7.52. The molecular weight excluding hydrogens is 323 g/mol. The van der Waals surface area contributed by atoms with Crippen LogP contribution in [0.5, 0.6) is 0 Å². The Balaban J connectivity index is 1.56. The number of hydrogen-bond acceptors (Lipinski definition) is 3. The highest BCUT2D eigenvalue weighted by molar-refractivity contribution is 5.86. The van der Waals surface area contributed by atoms with Crippen LogP contribution in [0.2, 0.25) is 0 Å². The molecule has 0 spiro atoms. The van der Waals surface area contributed by atoms with Gasteiger partial charge in [-0.25, -0.2) is 4.39 Å². The normalized spacial score (nSPS) is 27.0. The summed E-state index contributed by atoms with van der Waals surface area (Å²) in [5.74, 6) is -0.182. The van der Waals surface area contributed by atoms with Crippen LogP contribution in [0.3, 0.4) is 0 Å². The van der Waals surface area contributed by atoms with Crippen molar-refractivity contribution in [2.24, 2.45) is 5.41 Å². The van der Waals surface area contributed by atoms with Crippen LogP contribution in [0, 0.1) is 11.2 Å². The van der Waals surface area contributed by atoms with E-state index in [1.165, 1.54) is 6.07 Å². The summed E-state index contributed by atoms with van der Waals surface area (Å²) in [5.41, 5.74) is -0.00524. The van der Waals surface area contributed by atoms with Gasteiger partial charge in [-0.05, 0) is 32.3 Å². The first kappa shape index (κ1) is 17.9. The van der Waals surface area contributed by atoms with Crippen molar-refractivity contribution in [3.63, 3.8) is 0 Å². The van der Waals surface area contributed by atoms with E-state index in [1.54, 1.807) is 18.2 Å². The van der Waals surface area contributed by atoms with Gasteiger partial charge in [0, 0.05) is 31.6 Å². The SMILES string of the molecule is CC1(C(=O)N2CCC[C@H](OCc3ccccc3F)C2)CCC(=O)NC1. The topological polar surface area (TPSA) is 58.6 Å². The molecule has 2 atom stereocenters. The van der Waals surface area contributed by atoms with Gasteiger partial charge in [0.1, 0.15) is 5.82 Å². The van der Waals surface area contributed by atoms with E-state index >= 15 is 0 Å². The molecule has 1 N–H and O–H groups in total. The standard InChI is InChI=1S/C19H25FN2O3/c1-19(9-8-17(23)21-13-19)18(24)22-10-4-6-15(11-22)25-12-14-5-2-3-7-16(14)20/h2-3,5,7,15H,4,6,8-13H2,1H3,(H,21,23)/t15-,19?/m0/s1. The first-order chi connectivity index (χ1) is 12.0. The molecule has 0 bridgehead atoms. The first-order valence-electron chi connectivity index (χ1n) is 8.89. The summed E-state index contributed by atoms with van der Waals surface area (Å²) >= 11 is 0. The van der Waals surface area contributed by atoms with Gasteiger partial charge in [0.15, 0.2) is 0 Å². The molecule has 1 aromatic carbocycles. The maximum absolute atomic E-state index is 13.7. The summed E-state index contributed by atoms with van der Waals surface area (Å²) in [6.07, 6.45) is 2.62. The van der Waals surface area contributed by atoms with Crippen LogP contribution in [-0.4, -0.2) is 42.5 Å². The molecule has 0 aliphatic carbocycles. The quantitative estimate of drug-likeness (QED) is 0.908. The lowest BCUT2D eigenvalue weighted by molar-refractivity contribution is -0.148. The second-order valence-electron chi connectivity index (χ2n) is 7.26. The summed E-state index contributed by atoms with van der Waals surface area (Å²) in [6, 6.07) is 6.58. The number of hydrogen-bond donors (Lipinski definition) is 1. The molecule has 3 rings (SSSR count). The van der Waals surface area contributed by atoms with Gasteiger partial charge in [-0.15, -0.1) is 0 Å². The van der Waals surface area contributed by atoms with Gasteiger partial charge in [0.25, 0.3) is 0 Å². The molecule has 25 heavy (non-hydrogen) atoms. The third-order valence-electron chi connectivity index (χ3n) is 5.19. The summed E-state index contributed by atoms with van der Waals surface area (Å²) in [7, 11) is 0. The minimum Gasteiger partial charge on any atom is -0.372 e. The van der Waals surface area contributed by atoms with Crippen molar-refractivity contribution in [2.75, 3.05) is 19.6 Å². The fourth-order valence-electron chi connectivity index (χ4n) is 3.51. The summed E-state index contributed by atoms with van der Waals surface area (Å²) < 4.78 is 19.6. The number of ether oxygens (including phenoxy) is 1. The third kappa shape index (κ3) is 4.18. The Labute approximate surface area is 147 Å². The van der Waals surface area contributed by atoms with Gasteiger partial charge < -0.3 is 15.0 Å². The number of halogens is 1. The number of amides is 2. The Kier molecular flexibility index (Phi) is 5.37. The molecule has 0 aromatic heterocycles. The van der Waals surface area contributed by atoms with E-state index in [0.29, 0.717) is 38.0 Å². The van der Waals surface area contributed by atoms with Crippen molar-refractivity contribution in [1.82, 2.24) is 10.2 Å². The van der Waals surface area contributed by atoms with Gasteiger partial charge in [-0.1, -0.05) is 18.2 Å². The zero-order chi connectivity index (χ0) is 17.9. The van der Waals surface area contributed by atoms with E-state index in [4.69, 9.17) is 4.74 Å². The highest BCUT2D eigenvalue weighted by Crippen LogP contribution is 2.30. The Bertz CT molecular complexity index is 639. The number of nitrogens with zero attached hydrogens (tertiary/aromatic N) is 1. The maximum atomic E-state index is 13.7. The Morgan fingerprint density at radius 2 is 2.24 bits per heavy atom. The van der Waals surface area contributed by atoms with Crippen LogP contribution >= 0.6 is 0 Å². The highest BCUT2D eigenvalue weighted by Gasteiger charge is 2.41. The Morgan fingerprint density at radius 1 is 1.44 bits per heavy atom. The smallest absolute Gasteiger partial charge is 0.230 e. The molecule has 0 radical (unpaired) electrons. The summed E-state index contributed by atoms with van der Waals surface area (Å²) in [4.78, 5) is 26.1. The fourth-order valence-corrected chi connectivity index (χ4v) is 3.51. The van der Waals surface area contributed by atoms with Crippen molar-refractivity contribution in [3.8, 4) is 0 Å². The zero-order valence-corrected chi connectivity index (χ0v) is 14.6. The van der Waals surface area contributed by atoms with Crippen molar-refractivity contribution in [2.45, 2.75) is 45.3 Å². The highest BCUT2D eigenvalue weighted by atomic mass is 19.1. The third-order valence-corrected chi connectivity index (χ3v) is 5.19. The average Bonchev–Trinajstić information content (AvgIpc) is 2.63. The van der Waals surface area contributed by atoms with Gasteiger partial charge >= 0.3 is 0 Å². The predicted octanol–water partition coefficient (Wildman–Crippen LogP) is 2.25. The van der Waals surface area contributed by atoms with E-state index in [0.717, 1.165) is 12.8 Å². The Hall–Kier alpha value is -1.95. The molecule has 2 heterocycles. The number of benzene rings is 1. The molecule has 2 aliphatic rings. The molecule has 2 saturated heterocycles. The molecule has 136 valence electrons. The molecule has 1 aromatic rings. The Morgan fingerprint density at radius 3 is 2.96 bits per heavy atom. The van der Waals surface area contributed by atoms with Gasteiger partial charge in [0.05, 0.1) is 18.1 Å². The average molecular weight is 348 g/mol. The molecule has 0 saturated carbocycles. The van der Waals surface area contributed by atoms with Gasteiger partial charge in [0.2, 0.25) is 11.8 Å². The molecule has 1 unspecified atom stereocenters. The molecule has 6 heteroatoms. The number of likely N-dealkylation sites (tertiary alicyclic amines) is 1. The van der Waals surface area contributed by atoms with Crippen LogP contribution in [-0.2, 0) is 20.9 Å². The van der Waals surface area contributed by atoms with Crippen LogP contribution in [0.15, 0.2) is 24.3 Å². The van der Waals surface area contributed by atoms with Crippen molar-refractivity contribution in [3.05, 3.63) is 35.6 Å². The lowest BCUT2D eigenvalue weighted by Crippen LogP contribution is -2.54. The lowest BCUT2D eigenvalue weighted by Gasteiger charge is -2.40. The van der Waals surface area contributed by atoms with Crippen LogP contribution < -0.4 is 5.32 Å². The van der Waals surface area contributed by atoms with E-state index in [9.17, 15) is 14.0 Å². The monoisotopic (exact) mass is 348 g/mol. The van der Waals surface area contributed by atoms with Gasteiger partial charge in [-0.3, -0.25) is 9.59 Å². The van der Waals surface area contributed by atoms with Crippen LogP contribution in [0.4, 0.5) is 4.39 Å². The molecular formula is C19H25FN2O3. The largest absolute Gasteiger partial charge is 0.372 e. The lowest BCUT2D eigenvalue weighted by atomic mass is 9.80. The van der Waals surface area contributed by atoms with E-state index < -0.39 is 5.41 Å². The minimum absolute atomic E-state index is 0.00927. The zero-order valence-electron chi connectivity index (χ0n) is 14.6. The number of piperidine rings is 2. The molecule has 2 fully saturated rings. The predicted molar refractivity (Wildman–Crippen MR) is 91.1 cm³/mol. The van der Waals surface area contributed by atoms with E-state index in [2.05, 4.69) is 5.32 Å². The number of carbonyl (C=O) groups is 2. The van der Waals surface area contributed by atoms with Crippen molar-refractivity contribution >= 4 is 11.8 Å². The van der Waals surface area contributed by atoms with Crippen LogP contribution in [0.25, 0.3) is 0 Å². The van der Waals surface area contributed by atoms with Crippen molar-refractivity contribution < 1.29 is 18.7 Å². The van der Waals surface area contributed by atoms with Crippen LogP contribution in [0.1, 0.15) is 38.2 Å².